The number of carbonyl (C=O) groups excluding carboxylic acids is 2. The summed E-state index contributed by atoms with van der Waals surface area (Å²) in [5, 5.41) is 4.90. The first-order chi connectivity index (χ1) is 7.13. The van der Waals surface area contributed by atoms with Gasteiger partial charge in [0, 0.05) is 14.5 Å². The zero-order valence-electron chi connectivity index (χ0n) is 9.33. The van der Waals surface area contributed by atoms with Crippen LogP contribution < -0.4 is 10.6 Å². The Kier molecular flexibility index (Phi) is 5.30. The predicted molar refractivity (Wildman–Crippen MR) is 50.0 cm³/mol. The Balaban J connectivity index is 3.73. The number of hydrogen-bond donors (Lipinski definition) is 2. The van der Waals surface area contributed by atoms with Crippen LogP contribution in [0.3, 0.4) is 0 Å². The Hall–Kier alpha value is -1.46. The smallest absolute Gasteiger partial charge is 0.406 e. The lowest BCUT2D eigenvalue weighted by Gasteiger charge is -2.12. The largest absolute Gasteiger partial charge is 0.453 e. The molecule has 0 aliphatic carbocycles. The highest BCUT2D eigenvalue weighted by Gasteiger charge is 2.06. The second-order valence-electron chi connectivity index (χ2n) is 2.61. The fourth-order valence-corrected chi connectivity index (χ4v) is 0.672. The molecule has 0 rings (SSSR count). The summed E-state index contributed by atoms with van der Waals surface area (Å²) in [7, 11) is 2.52. The molecule has 0 saturated heterocycles. The third-order valence-electron chi connectivity index (χ3n) is 1.44. The van der Waals surface area contributed by atoms with E-state index in [0.29, 0.717) is 0 Å². The highest BCUT2D eigenvalue weighted by atomic mass is 16.5. The molecule has 0 unspecified atom stereocenters. The third kappa shape index (κ3) is 6.10. The van der Waals surface area contributed by atoms with E-state index >= 15 is 0 Å². The van der Waals surface area contributed by atoms with Gasteiger partial charge in [-0.15, -0.1) is 0 Å². The molecule has 0 aromatic carbocycles. The van der Waals surface area contributed by atoms with Crippen LogP contribution in [-0.2, 0) is 9.47 Å². The van der Waals surface area contributed by atoms with E-state index in [-0.39, 0.29) is 25.9 Å². The highest BCUT2D eigenvalue weighted by Crippen LogP contribution is 1.90. The summed E-state index contributed by atoms with van der Waals surface area (Å²) in [5.41, 5.74) is 0. The molecule has 0 atom stereocenters. The van der Waals surface area contributed by atoms with E-state index in [4.69, 9.17) is 1.37 Å². The zero-order chi connectivity index (χ0) is 11.7. The minimum absolute atomic E-state index is 0.0913. The van der Waals surface area contributed by atoms with Crippen molar-refractivity contribution in [2.75, 3.05) is 27.3 Å². The summed E-state index contributed by atoms with van der Waals surface area (Å²) in [6.07, 6.45) is -1.10. The van der Waals surface area contributed by atoms with Gasteiger partial charge in [0.25, 0.3) is 0 Å². The van der Waals surface area contributed by atoms with E-state index in [1.165, 1.54) is 14.2 Å². The third-order valence-corrected chi connectivity index (χ3v) is 1.44. The Morgan fingerprint density at radius 3 is 1.93 bits per heavy atom. The number of carbonyl (C=O) groups is 2. The fraction of sp³-hybridized carbons (Fsp3) is 0.750. The summed E-state index contributed by atoms with van der Waals surface area (Å²) >= 11 is 0. The van der Waals surface area contributed by atoms with Crippen molar-refractivity contribution >= 4 is 12.2 Å². The van der Waals surface area contributed by atoms with Crippen LogP contribution in [0.5, 0.6) is 0 Å². The van der Waals surface area contributed by atoms with Crippen molar-refractivity contribution in [2.45, 2.75) is 6.90 Å². The SMILES string of the molecule is [2H]CC(CNC(=O)OC)CNC(=O)OC. The van der Waals surface area contributed by atoms with Crippen LogP contribution >= 0.6 is 0 Å². The highest BCUT2D eigenvalue weighted by molar-refractivity contribution is 5.67. The minimum atomic E-state index is -0.550. The average Bonchev–Trinajstić information content (AvgIpc) is 2.28. The maximum atomic E-state index is 10.7. The number of ether oxygens (including phenoxy) is 2. The topological polar surface area (TPSA) is 76.7 Å². The van der Waals surface area contributed by atoms with Gasteiger partial charge >= 0.3 is 12.2 Å². The molecule has 0 saturated carbocycles. The van der Waals surface area contributed by atoms with Gasteiger partial charge in [-0.25, -0.2) is 9.59 Å². The molecule has 0 radical (unpaired) electrons. The molecule has 0 bridgehead atoms. The van der Waals surface area contributed by atoms with Gasteiger partial charge in [0.1, 0.15) is 0 Å². The maximum Gasteiger partial charge on any atom is 0.406 e. The van der Waals surface area contributed by atoms with Crippen LogP contribution in [0.4, 0.5) is 9.59 Å². The first-order valence-corrected chi connectivity index (χ1v) is 4.06. The molecule has 6 heteroatoms. The van der Waals surface area contributed by atoms with Gasteiger partial charge in [-0.3, -0.25) is 0 Å². The second kappa shape index (κ2) is 6.99. The predicted octanol–water partition coefficient (Wildman–Crippen LogP) is 0.335. The van der Waals surface area contributed by atoms with Gasteiger partial charge in [-0.2, -0.15) is 0 Å². The van der Waals surface area contributed by atoms with Crippen LogP contribution in [-0.4, -0.2) is 39.5 Å². The van der Waals surface area contributed by atoms with Crippen LogP contribution in [0.25, 0.3) is 0 Å². The average molecular weight is 205 g/mol. The number of methoxy groups -OCH3 is 2. The van der Waals surface area contributed by atoms with Crippen molar-refractivity contribution in [2.24, 2.45) is 5.92 Å². The van der Waals surface area contributed by atoms with E-state index in [2.05, 4.69) is 20.1 Å². The van der Waals surface area contributed by atoms with Gasteiger partial charge in [0.15, 0.2) is 0 Å². The number of rotatable bonds is 4. The minimum Gasteiger partial charge on any atom is -0.453 e. The fourth-order valence-electron chi connectivity index (χ4n) is 0.672. The van der Waals surface area contributed by atoms with Crippen molar-refractivity contribution in [3.8, 4) is 0 Å². The van der Waals surface area contributed by atoms with Crippen LogP contribution in [0.15, 0.2) is 0 Å². The number of hydrogen-bond acceptors (Lipinski definition) is 4. The van der Waals surface area contributed by atoms with E-state index in [9.17, 15) is 9.59 Å². The zero-order valence-corrected chi connectivity index (χ0v) is 8.33. The summed E-state index contributed by atoms with van der Waals surface area (Å²) < 4.78 is 15.9. The molecular weight excluding hydrogens is 188 g/mol. The van der Waals surface area contributed by atoms with Gasteiger partial charge in [-0.05, 0) is 5.92 Å². The molecule has 2 amide bonds. The van der Waals surface area contributed by atoms with Crippen molar-refractivity contribution < 1.29 is 20.4 Å². The molecule has 6 nitrogen and oxygen atoms in total. The van der Waals surface area contributed by atoms with E-state index in [1.807, 2.05) is 0 Å². The van der Waals surface area contributed by atoms with Crippen LogP contribution in [0, 0.1) is 5.92 Å². The lowest BCUT2D eigenvalue weighted by atomic mass is 10.2. The molecular formula is C8H16N2O4. The summed E-state index contributed by atoms with van der Waals surface area (Å²) in [4.78, 5) is 21.4. The molecule has 0 spiro atoms. The van der Waals surface area contributed by atoms with Crippen molar-refractivity contribution in [3.63, 3.8) is 0 Å². The molecule has 0 aliphatic rings. The van der Waals surface area contributed by atoms with Crippen LogP contribution in [0.1, 0.15) is 8.27 Å². The lowest BCUT2D eigenvalue weighted by molar-refractivity contribution is 0.166. The van der Waals surface area contributed by atoms with Gasteiger partial charge in [0.05, 0.1) is 14.2 Å². The standard InChI is InChI=1S/C8H16N2O4/c1-6(4-9-7(11)13-2)5-10-8(12)14-3/h6H,4-5H2,1-3H3,(H,9,11)(H,10,12)/i1D. The molecule has 0 aliphatic heterocycles. The second-order valence-corrected chi connectivity index (χ2v) is 2.61. The molecule has 0 heterocycles. The first kappa shape index (κ1) is 10.6. The van der Waals surface area contributed by atoms with Gasteiger partial charge in [0.2, 0.25) is 0 Å². The number of nitrogens with one attached hydrogen (secondary N) is 2. The maximum absolute atomic E-state index is 10.7. The van der Waals surface area contributed by atoms with E-state index in [1.54, 1.807) is 0 Å². The normalized spacial score (nSPS) is 10.4. The molecule has 82 valence electrons. The van der Waals surface area contributed by atoms with E-state index in [0.717, 1.165) is 0 Å². The summed E-state index contributed by atoms with van der Waals surface area (Å²) in [5.74, 6) is -0.164. The Morgan fingerprint density at radius 1 is 1.21 bits per heavy atom. The number of alkyl carbamates (subject to hydrolysis) is 2. The monoisotopic (exact) mass is 205 g/mol. The van der Waals surface area contributed by atoms with Crippen molar-refractivity contribution in [1.82, 2.24) is 10.6 Å². The van der Waals surface area contributed by atoms with Crippen molar-refractivity contribution in [3.05, 3.63) is 0 Å². The summed E-state index contributed by atoms with van der Waals surface area (Å²) in [6, 6.07) is 0. The Labute approximate surface area is 84.3 Å². The van der Waals surface area contributed by atoms with Gasteiger partial charge < -0.3 is 20.1 Å². The molecule has 0 fully saturated rings. The molecule has 2 N–H and O–H groups in total. The van der Waals surface area contributed by atoms with E-state index < -0.39 is 12.2 Å². The van der Waals surface area contributed by atoms with Gasteiger partial charge in [-0.1, -0.05) is 6.90 Å². The van der Waals surface area contributed by atoms with Crippen molar-refractivity contribution in [1.29, 1.82) is 0 Å². The quantitative estimate of drug-likeness (QED) is 0.693. The molecule has 0 aromatic rings. The molecule has 0 aromatic heterocycles. The summed E-state index contributed by atoms with van der Waals surface area (Å²) in [6.45, 7) is 0.647. The van der Waals surface area contributed by atoms with Crippen LogP contribution in [0.2, 0.25) is 0 Å². The number of amides is 2. The Morgan fingerprint density at radius 2 is 1.64 bits per heavy atom. The Bertz CT molecular complexity index is 193. The lowest BCUT2D eigenvalue weighted by Crippen LogP contribution is -2.35. The first-order valence-electron chi connectivity index (χ1n) is 4.77. The molecule has 14 heavy (non-hydrogen) atoms.